The molecule has 1 saturated heterocycles. The number of hydrogen-bond acceptors (Lipinski definition) is 1. The molecule has 1 heterocycles. The van der Waals surface area contributed by atoms with E-state index in [4.69, 9.17) is 4.74 Å². The first-order valence-electron chi connectivity index (χ1n) is 6.79. The zero-order chi connectivity index (χ0) is 11.6. The molecule has 3 aliphatic rings. The number of epoxide rings is 1. The third-order valence-electron chi connectivity index (χ3n) is 5.40. The van der Waals surface area contributed by atoms with E-state index in [0.29, 0.717) is 11.5 Å². The molecule has 0 aromatic carbocycles. The maximum Gasteiger partial charge on any atom is 0.0924 e. The minimum atomic E-state index is 0.225. The van der Waals surface area contributed by atoms with Crippen LogP contribution in [0.2, 0.25) is 0 Å². The van der Waals surface area contributed by atoms with Crippen molar-refractivity contribution in [3.63, 3.8) is 0 Å². The number of allylic oxidation sites excluding steroid dienone is 1. The lowest BCUT2D eigenvalue weighted by molar-refractivity contribution is 0.109. The Hall–Kier alpha value is -0.300. The van der Waals surface area contributed by atoms with Crippen LogP contribution in [-0.2, 0) is 4.74 Å². The van der Waals surface area contributed by atoms with Crippen molar-refractivity contribution in [2.45, 2.75) is 64.6 Å². The van der Waals surface area contributed by atoms with Gasteiger partial charge in [0.2, 0.25) is 0 Å². The second-order valence-corrected chi connectivity index (χ2v) is 7.02. The summed E-state index contributed by atoms with van der Waals surface area (Å²) in [7, 11) is 0. The molecule has 3 rings (SSSR count). The summed E-state index contributed by atoms with van der Waals surface area (Å²) in [6, 6.07) is 0. The number of rotatable bonds is 0. The van der Waals surface area contributed by atoms with Crippen LogP contribution in [-0.4, -0.2) is 11.7 Å². The Morgan fingerprint density at radius 2 is 2.00 bits per heavy atom. The molecule has 2 aliphatic carbocycles. The number of fused-ring (bicyclic) bond motifs is 3. The summed E-state index contributed by atoms with van der Waals surface area (Å²) in [5, 5.41) is 0. The lowest BCUT2D eigenvalue weighted by atomic mass is 9.62. The van der Waals surface area contributed by atoms with Gasteiger partial charge in [-0.25, -0.2) is 0 Å². The molecule has 1 aliphatic heterocycles. The molecule has 0 N–H and O–H groups in total. The molecule has 1 nitrogen and oxygen atoms in total. The molecule has 0 aromatic heterocycles. The smallest absolute Gasteiger partial charge is 0.0924 e. The Balaban J connectivity index is 1.95. The summed E-state index contributed by atoms with van der Waals surface area (Å²) >= 11 is 0. The molecule has 0 spiro atoms. The fraction of sp³-hybridized carbons (Fsp3) is 0.867. The summed E-state index contributed by atoms with van der Waals surface area (Å²) in [5.74, 6) is 1.46. The Bertz CT molecular complexity index is 330. The zero-order valence-electron chi connectivity index (χ0n) is 10.9. The van der Waals surface area contributed by atoms with Gasteiger partial charge in [-0.3, -0.25) is 0 Å². The van der Waals surface area contributed by atoms with Crippen molar-refractivity contribution in [2.24, 2.45) is 17.3 Å². The van der Waals surface area contributed by atoms with E-state index >= 15 is 0 Å². The molecule has 0 bridgehead atoms. The molecule has 4 atom stereocenters. The average molecular weight is 220 g/mol. The van der Waals surface area contributed by atoms with Crippen LogP contribution in [0.1, 0.15) is 52.9 Å². The fourth-order valence-electron chi connectivity index (χ4n) is 4.28. The van der Waals surface area contributed by atoms with E-state index in [-0.39, 0.29) is 5.60 Å². The molecule has 0 aromatic rings. The highest BCUT2D eigenvalue weighted by Gasteiger charge is 2.64. The van der Waals surface area contributed by atoms with Gasteiger partial charge in [0.05, 0.1) is 11.7 Å². The maximum atomic E-state index is 6.03. The third kappa shape index (κ3) is 1.40. The van der Waals surface area contributed by atoms with Gasteiger partial charge in [0.1, 0.15) is 0 Å². The van der Waals surface area contributed by atoms with E-state index in [9.17, 15) is 0 Å². The summed E-state index contributed by atoms with van der Waals surface area (Å²) in [5.41, 5.74) is 2.17. The summed E-state index contributed by atoms with van der Waals surface area (Å²) in [6.07, 6.45) is 6.98. The Labute approximate surface area is 99.3 Å². The molecule has 1 heteroatoms. The van der Waals surface area contributed by atoms with Gasteiger partial charge in [-0.15, -0.1) is 0 Å². The van der Waals surface area contributed by atoms with Crippen LogP contribution < -0.4 is 0 Å². The fourth-order valence-corrected chi connectivity index (χ4v) is 4.28. The lowest BCUT2D eigenvalue weighted by Crippen LogP contribution is -2.40. The number of ether oxygens (including phenoxy) is 1. The van der Waals surface area contributed by atoms with Crippen LogP contribution in [0.3, 0.4) is 0 Å². The third-order valence-corrected chi connectivity index (χ3v) is 5.40. The quantitative estimate of drug-likeness (QED) is 0.445. The van der Waals surface area contributed by atoms with Crippen molar-refractivity contribution >= 4 is 0 Å². The zero-order valence-corrected chi connectivity index (χ0v) is 10.9. The van der Waals surface area contributed by atoms with Crippen molar-refractivity contribution in [3.05, 3.63) is 12.2 Å². The Kier molecular flexibility index (Phi) is 2.12. The van der Waals surface area contributed by atoms with E-state index in [2.05, 4.69) is 27.4 Å². The predicted octanol–water partition coefficient (Wildman–Crippen LogP) is 3.94. The van der Waals surface area contributed by atoms with E-state index in [1.54, 1.807) is 0 Å². The first-order valence-corrected chi connectivity index (χ1v) is 6.79. The van der Waals surface area contributed by atoms with Crippen molar-refractivity contribution in [3.8, 4) is 0 Å². The summed E-state index contributed by atoms with van der Waals surface area (Å²) in [6.45, 7) is 11.5. The van der Waals surface area contributed by atoms with Crippen LogP contribution >= 0.6 is 0 Å². The van der Waals surface area contributed by atoms with E-state index in [1.165, 1.54) is 37.7 Å². The van der Waals surface area contributed by atoms with Crippen molar-refractivity contribution in [1.82, 2.24) is 0 Å². The first-order chi connectivity index (χ1) is 7.44. The maximum absolute atomic E-state index is 6.03. The van der Waals surface area contributed by atoms with Crippen LogP contribution in [0.4, 0.5) is 0 Å². The molecule has 2 saturated carbocycles. The van der Waals surface area contributed by atoms with Crippen molar-refractivity contribution in [1.29, 1.82) is 0 Å². The van der Waals surface area contributed by atoms with Crippen LogP contribution in [0.15, 0.2) is 12.2 Å². The molecular formula is C15H24O. The highest BCUT2D eigenvalue weighted by molar-refractivity contribution is 5.19. The molecule has 0 unspecified atom stereocenters. The van der Waals surface area contributed by atoms with Crippen molar-refractivity contribution < 1.29 is 4.74 Å². The van der Waals surface area contributed by atoms with Gasteiger partial charge in [0.25, 0.3) is 0 Å². The van der Waals surface area contributed by atoms with Crippen molar-refractivity contribution in [2.75, 3.05) is 0 Å². The second-order valence-electron chi connectivity index (χ2n) is 7.02. The monoisotopic (exact) mass is 220 g/mol. The minimum Gasteiger partial charge on any atom is -0.366 e. The molecule has 90 valence electrons. The largest absolute Gasteiger partial charge is 0.366 e. The van der Waals surface area contributed by atoms with Crippen LogP contribution in [0.5, 0.6) is 0 Å². The van der Waals surface area contributed by atoms with Gasteiger partial charge in [-0.05, 0) is 56.3 Å². The highest BCUT2D eigenvalue weighted by Crippen LogP contribution is 2.61. The number of hydrogen-bond donors (Lipinski definition) is 0. The normalized spacial score (nSPS) is 50.2. The van der Waals surface area contributed by atoms with Gasteiger partial charge in [-0.1, -0.05) is 26.0 Å². The minimum absolute atomic E-state index is 0.225. The predicted molar refractivity (Wildman–Crippen MR) is 66.3 cm³/mol. The molecule has 0 amide bonds. The Morgan fingerprint density at radius 1 is 1.25 bits per heavy atom. The topological polar surface area (TPSA) is 12.5 Å². The standard InChI is InChI=1S/C15H24O/c1-10-6-5-8-14(2,3)12-11(10)7-9-15(4)13(12)16-15/h11-13H,1,5-9H2,2-4H3/t11-,12+,13-,15+/m0/s1. The van der Waals surface area contributed by atoms with Gasteiger partial charge in [0, 0.05) is 0 Å². The molecule has 3 fully saturated rings. The molecule has 16 heavy (non-hydrogen) atoms. The lowest BCUT2D eigenvalue weighted by Gasteiger charge is -2.40. The van der Waals surface area contributed by atoms with E-state index < -0.39 is 0 Å². The SMILES string of the molecule is C=C1CCCC(C)(C)[C@@H]2[C@H]1CC[C@@]1(C)O[C@@H]21. The summed E-state index contributed by atoms with van der Waals surface area (Å²) < 4.78 is 6.03. The second kappa shape index (κ2) is 3.13. The van der Waals surface area contributed by atoms with E-state index in [1.807, 2.05) is 0 Å². The first kappa shape index (κ1) is 10.8. The molecular weight excluding hydrogens is 196 g/mol. The Morgan fingerprint density at radius 3 is 2.75 bits per heavy atom. The summed E-state index contributed by atoms with van der Waals surface area (Å²) in [4.78, 5) is 0. The van der Waals surface area contributed by atoms with E-state index in [0.717, 1.165) is 11.8 Å². The van der Waals surface area contributed by atoms with Gasteiger partial charge >= 0.3 is 0 Å². The highest BCUT2D eigenvalue weighted by atomic mass is 16.6. The van der Waals surface area contributed by atoms with Gasteiger partial charge in [0.15, 0.2) is 0 Å². The van der Waals surface area contributed by atoms with Gasteiger partial charge in [-0.2, -0.15) is 0 Å². The average Bonchev–Trinajstić information content (AvgIpc) is 2.87. The van der Waals surface area contributed by atoms with Gasteiger partial charge < -0.3 is 4.74 Å². The van der Waals surface area contributed by atoms with Crippen LogP contribution in [0, 0.1) is 17.3 Å². The molecule has 0 radical (unpaired) electrons. The van der Waals surface area contributed by atoms with Crippen LogP contribution in [0.25, 0.3) is 0 Å².